The highest BCUT2D eigenvalue weighted by atomic mass is 32.1. The summed E-state index contributed by atoms with van der Waals surface area (Å²) in [6.07, 6.45) is 0. The van der Waals surface area contributed by atoms with Crippen LogP contribution in [-0.2, 0) is 0 Å². The number of nitro groups is 1. The Bertz CT molecular complexity index is 671. The molecule has 0 unspecified atom stereocenters. The molecular weight excluding hydrogens is 284 g/mol. The van der Waals surface area contributed by atoms with Crippen molar-refractivity contribution < 1.29 is 9.72 Å². The largest absolute Gasteiger partial charge is 0.318 e. The highest BCUT2D eigenvalue weighted by Gasteiger charge is 2.24. The predicted molar refractivity (Wildman–Crippen MR) is 73.5 cm³/mol. The smallest absolute Gasteiger partial charge is 0.306 e. The molecule has 9 nitrogen and oxygen atoms in total. The number of carbonyl (C=O) groups is 1. The molecule has 0 aliphatic carbocycles. The summed E-state index contributed by atoms with van der Waals surface area (Å²) in [6, 6.07) is 4.23. The fourth-order valence-electron chi connectivity index (χ4n) is 1.55. The molecule has 2 aromatic rings. The lowest BCUT2D eigenvalue weighted by molar-refractivity contribution is -0.384. The van der Waals surface area contributed by atoms with Crippen LogP contribution in [0.4, 0.5) is 16.5 Å². The fraction of sp³-hybridized carbons (Fsp3) is 0.100. The van der Waals surface area contributed by atoms with Gasteiger partial charge in [-0.25, -0.2) is 0 Å². The van der Waals surface area contributed by atoms with Crippen LogP contribution < -0.4 is 16.6 Å². The second kappa shape index (κ2) is 5.59. The summed E-state index contributed by atoms with van der Waals surface area (Å²) in [4.78, 5) is 22.5. The first-order valence-electron chi connectivity index (χ1n) is 5.38. The maximum absolute atomic E-state index is 12.1. The van der Waals surface area contributed by atoms with Crippen molar-refractivity contribution in [1.82, 2.24) is 10.2 Å². The van der Waals surface area contributed by atoms with Crippen LogP contribution in [-0.4, -0.2) is 21.0 Å². The van der Waals surface area contributed by atoms with Crippen molar-refractivity contribution in [3.63, 3.8) is 0 Å². The van der Waals surface area contributed by atoms with Gasteiger partial charge < -0.3 is 5.43 Å². The number of hydrazine groups is 1. The molecule has 0 saturated heterocycles. The predicted octanol–water partition coefficient (Wildman–Crippen LogP) is 1.29. The van der Waals surface area contributed by atoms with Crippen molar-refractivity contribution in [2.24, 2.45) is 5.84 Å². The second-order valence-electron chi connectivity index (χ2n) is 3.68. The zero-order valence-corrected chi connectivity index (χ0v) is 11.1. The third kappa shape index (κ3) is 2.70. The van der Waals surface area contributed by atoms with E-state index >= 15 is 0 Å². The number of anilines is 2. The fourth-order valence-corrected chi connectivity index (χ4v) is 2.14. The molecule has 0 fully saturated rings. The van der Waals surface area contributed by atoms with Crippen molar-refractivity contribution in [3.8, 4) is 0 Å². The minimum atomic E-state index is -0.671. The Morgan fingerprint density at radius 3 is 2.75 bits per heavy atom. The number of benzene rings is 1. The van der Waals surface area contributed by atoms with Crippen molar-refractivity contribution in [2.75, 3.05) is 10.7 Å². The van der Waals surface area contributed by atoms with E-state index in [4.69, 9.17) is 5.84 Å². The summed E-state index contributed by atoms with van der Waals surface area (Å²) < 4.78 is 0. The molecule has 1 heterocycles. The zero-order valence-electron chi connectivity index (χ0n) is 10.3. The standard InChI is InChI=1S/C10H10N6O3S/c1-5-14-15-10(20-5)12-9(17)6-3-2-4-7(13-11)8(6)16(18)19/h2-4,13H,11H2,1H3,(H,12,15,17). The monoisotopic (exact) mass is 294 g/mol. The van der Waals surface area contributed by atoms with Crippen molar-refractivity contribution in [1.29, 1.82) is 0 Å². The number of aryl methyl sites for hydroxylation is 1. The highest BCUT2D eigenvalue weighted by molar-refractivity contribution is 7.15. The average molecular weight is 294 g/mol. The quantitative estimate of drug-likeness (QED) is 0.439. The number of nitrogens with two attached hydrogens (primary N) is 1. The molecule has 1 aromatic carbocycles. The minimum absolute atomic E-state index is 0.0519. The topological polar surface area (TPSA) is 136 Å². The zero-order chi connectivity index (χ0) is 14.7. The number of carbonyl (C=O) groups excluding carboxylic acids is 1. The Morgan fingerprint density at radius 1 is 1.45 bits per heavy atom. The third-order valence-electron chi connectivity index (χ3n) is 2.37. The summed E-state index contributed by atoms with van der Waals surface area (Å²) in [5.74, 6) is 4.56. The summed E-state index contributed by atoms with van der Waals surface area (Å²) in [6.45, 7) is 1.73. The van der Waals surface area contributed by atoms with E-state index in [2.05, 4.69) is 20.9 Å². The van der Waals surface area contributed by atoms with Crippen molar-refractivity contribution in [2.45, 2.75) is 6.92 Å². The molecule has 0 aliphatic rings. The number of nitrogens with one attached hydrogen (secondary N) is 2. The highest BCUT2D eigenvalue weighted by Crippen LogP contribution is 2.28. The van der Waals surface area contributed by atoms with Gasteiger partial charge in [-0.15, -0.1) is 10.2 Å². The van der Waals surface area contributed by atoms with Gasteiger partial charge in [0.25, 0.3) is 5.91 Å². The van der Waals surface area contributed by atoms with E-state index in [0.717, 1.165) is 0 Å². The van der Waals surface area contributed by atoms with Gasteiger partial charge >= 0.3 is 5.69 Å². The van der Waals surface area contributed by atoms with Crippen LogP contribution in [0, 0.1) is 17.0 Å². The van der Waals surface area contributed by atoms with Gasteiger partial charge in [-0.1, -0.05) is 17.4 Å². The average Bonchev–Trinajstić information content (AvgIpc) is 2.82. The number of hydrogen-bond donors (Lipinski definition) is 3. The maximum atomic E-state index is 12.1. The van der Waals surface area contributed by atoms with Crippen LogP contribution in [0.25, 0.3) is 0 Å². The van der Waals surface area contributed by atoms with E-state index in [1.54, 1.807) is 6.92 Å². The summed E-state index contributed by atoms with van der Waals surface area (Å²) in [5, 5.41) is 21.9. The number of amides is 1. The van der Waals surface area contributed by atoms with Crippen LogP contribution in [0.2, 0.25) is 0 Å². The van der Waals surface area contributed by atoms with Crippen LogP contribution in [0.15, 0.2) is 18.2 Å². The van der Waals surface area contributed by atoms with Crippen LogP contribution >= 0.6 is 11.3 Å². The maximum Gasteiger partial charge on any atom is 0.306 e. The van der Waals surface area contributed by atoms with Gasteiger partial charge in [-0.2, -0.15) is 0 Å². The molecule has 10 heteroatoms. The van der Waals surface area contributed by atoms with Gasteiger partial charge in [0, 0.05) is 0 Å². The first kappa shape index (κ1) is 13.8. The van der Waals surface area contributed by atoms with Gasteiger partial charge in [-0.05, 0) is 19.1 Å². The Balaban J connectivity index is 2.36. The molecule has 104 valence electrons. The molecule has 0 bridgehead atoms. The summed E-state index contributed by atoms with van der Waals surface area (Å²) in [7, 11) is 0. The van der Waals surface area contributed by atoms with E-state index in [9.17, 15) is 14.9 Å². The second-order valence-corrected chi connectivity index (χ2v) is 4.87. The Hall–Kier alpha value is -2.59. The molecule has 0 spiro atoms. The number of hydrogen-bond acceptors (Lipinski definition) is 8. The van der Waals surface area contributed by atoms with Gasteiger partial charge in [0.15, 0.2) is 0 Å². The molecule has 0 radical (unpaired) electrons. The molecule has 0 saturated carbocycles. The number of nitrogens with zero attached hydrogens (tertiary/aromatic N) is 3. The van der Waals surface area contributed by atoms with Gasteiger partial charge in [0.05, 0.1) is 4.92 Å². The molecule has 0 atom stereocenters. The number of nitrogen functional groups attached to an aromatic ring is 1. The molecule has 20 heavy (non-hydrogen) atoms. The molecule has 4 N–H and O–H groups in total. The van der Waals surface area contributed by atoms with E-state index in [-0.39, 0.29) is 16.4 Å². The molecule has 2 rings (SSSR count). The van der Waals surface area contributed by atoms with Crippen LogP contribution in [0.3, 0.4) is 0 Å². The number of nitro benzene ring substituents is 1. The Morgan fingerprint density at radius 2 is 2.20 bits per heavy atom. The molecule has 1 amide bonds. The third-order valence-corrected chi connectivity index (χ3v) is 3.12. The van der Waals surface area contributed by atoms with Crippen molar-refractivity contribution >= 4 is 33.8 Å². The lowest BCUT2D eigenvalue weighted by Gasteiger charge is -2.06. The van der Waals surface area contributed by atoms with Gasteiger partial charge in [0.2, 0.25) is 5.13 Å². The number of aromatic nitrogens is 2. The lowest BCUT2D eigenvalue weighted by Crippen LogP contribution is -2.16. The molecule has 0 aliphatic heterocycles. The summed E-state index contributed by atoms with van der Waals surface area (Å²) >= 11 is 1.17. The minimum Gasteiger partial charge on any atom is -0.318 e. The van der Waals surface area contributed by atoms with E-state index < -0.39 is 16.5 Å². The van der Waals surface area contributed by atoms with E-state index in [1.807, 2.05) is 0 Å². The number of para-hydroxylation sites is 1. The van der Waals surface area contributed by atoms with Crippen LogP contribution in [0.5, 0.6) is 0 Å². The SMILES string of the molecule is Cc1nnc(NC(=O)c2cccc(NN)c2[N+](=O)[O-])s1. The van der Waals surface area contributed by atoms with Gasteiger partial charge in [0.1, 0.15) is 16.3 Å². The summed E-state index contributed by atoms with van der Waals surface area (Å²) in [5.41, 5.74) is 1.74. The first-order chi connectivity index (χ1) is 9.52. The van der Waals surface area contributed by atoms with Crippen LogP contribution in [0.1, 0.15) is 15.4 Å². The number of rotatable bonds is 4. The van der Waals surface area contributed by atoms with E-state index in [0.29, 0.717) is 5.01 Å². The van der Waals surface area contributed by atoms with Crippen molar-refractivity contribution in [3.05, 3.63) is 38.9 Å². The first-order valence-corrected chi connectivity index (χ1v) is 6.20. The lowest BCUT2D eigenvalue weighted by atomic mass is 10.1. The van der Waals surface area contributed by atoms with Gasteiger partial charge in [-0.3, -0.25) is 26.1 Å². The Labute approximate surface area is 116 Å². The Kier molecular flexibility index (Phi) is 3.86. The molecular formula is C10H10N6O3S. The molecule has 1 aromatic heterocycles. The normalized spacial score (nSPS) is 10.1. The van der Waals surface area contributed by atoms with E-state index in [1.165, 1.54) is 29.5 Å².